The number of rotatable bonds is 9. The Morgan fingerprint density at radius 3 is 2.49 bits per heavy atom. The van der Waals surface area contributed by atoms with Gasteiger partial charge in [0, 0.05) is 30.6 Å². The van der Waals surface area contributed by atoms with E-state index in [1.807, 2.05) is 19.1 Å². The number of nitrogens with one attached hydrogen (secondary N) is 3. The van der Waals surface area contributed by atoms with E-state index in [2.05, 4.69) is 10.7 Å². The molecule has 0 spiro atoms. The first-order valence-electron chi connectivity index (χ1n) is 12.0. The van der Waals surface area contributed by atoms with Crippen LogP contribution in [0, 0.1) is 11.3 Å². The average Bonchev–Trinajstić information content (AvgIpc) is 2.87. The molecule has 1 aliphatic rings. The monoisotopic (exact) mass is 544 g/mol. The molecule has 2 aromatic carbocycles. The molecule has 1 aliphatic heterocycles. The first-order valence-corrected chi connectivity index (χ1v) is 12.7. The lowest BCUT2D eigenvalue weighted by Crippen LogP contribution is -2.50. The van der Waals surface area contributed by atoms with Crippen molar-refractivity contribution in [3.05, 3.63) is 74.4 Å². The molecular weight excluding hydrogens is 515 g/mol. The maximum atomic E-state index is 13.4. The number of hydrazine groups is 1. The molecule has 0 radical (unpaired) electrons. The molecule has 10 heteroatoms. The van der Waals surface area contributed by atoms with Gasteiger partial charge in [-0.2, -0.15) is 0 Å². The maximum Gasteiger partial charge on any atom is 0.309 e. The Kier molecular flexibility index (Phi) is 9.34. The second-order valence-corrected chi connectivity index (χ2v) is 9.43. The highest BCUT2D eigenvalue weighted by Gasteiger charge is 2.34. The number of allylic oxidation sites excluding steroid dienone is 1. The van der Waals surface area contributed by atoms with E-state index >= 15 is 0 Å². The number of hydrogen-bond acceptors (Lipinski definition) is 6. The van der Waals surface area contributed by atoms with E-state index in [1.54, 1.807) is 45.3 Å². The van der Waals surface area contributed by atoms with Crippen LogP contribution in [-0.2, 0) is 16.1 Å². The Morgan fingerprint density at radius 2 is 1.92 bits per heavy atom. The van der Waals surface area contributed by atoms with Crippen molar-refractivity contribution in [3.8, 4) is 0 Å². The lowest BCUT2D eigenvalue weighted by atomic mass is 9.81. The van der Waals surface area contributed by atoms with E-state index in [4.69, 9.17) is 33.3 Å². The van der Waals surface area contributed by atoms with Crippen molar-refractivity contribution in [2.24, 2.45) is 5.92 Å². The number of esters is 1. The zero-order chi connectivity index (χ0) is 27.3. The highest BCUT2D eigenvalue weighted by Crippen LogP contribution is 2.35. The van der Waals surface area contributed by atoms with Gasteiger partial charge in [-0.1, -0.05) is 55.2 Å². The van der Waals surface area contributed by atoms with E-state index < -0.39 is 17.7 Å². The van der Waals surface area contributed by atoms with E-state index in [1.165, 1.54) is 5.01 Å². The zero-order valence-corrected chi connectivity index (χ0v) is 22.7. The van der Waals surface area contributed by atoms with Crippen LogP contribution in [0.3, 0.4) is 0 Å². The molecule has 1 heterocycles. The third-order valence-electron chi connectivity index (χ3n) is 6.37. The Hall–Kier alpha value is -3.36. The van der Waals surface area contributed by atoms with Gasteiger partial charge in [0.15, 0.2) is 0 Å². The predicted molar refractivity (Wildman–Crippen MR) is 145 cm³/mol. The summed E-state index contributed by atoms with van der Waals surface area (Å²) in [5.41, 5.74) is 5.64. The number of ether oxygens (including phenoxy) is 1. The highest BCUT2D eigenvalue weighted by molar-refractivity contribution is 6.40. The van der Waals surface area contributed by atoms with Gasteiger partial charge in [-0.3, -0.25) is 19.8 Å². The van der Waals surface area contributed by atoms with Gasteiger partial charge in [0.25, 0.3) is 11.8 Å². The van der Waals surface area contributed by atoms with Gasteiger partial charge in [0.05, 0.1) is 34.7 Å². The summed E-state index contributed by atoms with van der Waals surface area (Å²) >= 11 is 12.9. The molecule has 0 saturated heterocycles. The molecule has 2 aromatic rings. The van der Waals surface area contributed by atoms with Gasteiger partial charge in [0.1, 0.15) is 0 Å². The summed E-state index contributed by atoms with van der Waals surface area (Å²) in [4.78, 5) is 39.1. The van der Waals surface area contributed by atoms with Crippen molar-refractivity contribution in [2.75, 3.05) is 13.7 Å². The van der Waals surface area contributed by atoms with Gasteiger partial charge >= 0.3 is 5.97 Å². The second-order valence-electron chi connectivity index (χ2n) is 8.62. The quantitative estimate of drug-likeness (QED) is 0.297. The normalized spacial score (nSPS) is 14.8. The summed E-state index contributed by atoms with van der Waals surface area (Å²) in [7, 11) is 1.70. The Morgan fingerprint density at radius 1 is 1.24 bits per heavy atom. The van der Waals surface area contributed by atoms with Gasteiger partial charge < -0.3 is 15.5 Å². The number of nitrogens with zero attached hydrogens (tertiary/aromatic N) is 1. The first kappa shape index (κ1) is 28.2. The van der Waals surface area contributed by atoms with Crippen LogP contribution in [0.15, 0.2) is 36.5 Å². The minimum Gasteiger partial charge on any atom is -0.466 e. The smallest absolute Gasteiger partial charge is 0.309 e. The third-order valence-corrected chi connectivity index (χ3v) is 6.96. The molecule has 0 bridgehead atoms. The average molecular weight is 545 g/mol. The summed E-state index contributed by atoms with van der Waals surface area (Å²) in [6.07, 6.45) is 3.39. The molecule has 0 aliphatic carbocycles. The van der Waals surface area contributed by atoms with Gasteiger partial charge in [-0.05, 0) is 48.1 Å². The van der Waals surface area contributed by atoms with Crippen molar-refractivity contribution in [1.82, 2.24) is 15.8 Å². The van der Waals surface area contributed by atoms with Crippen LogP contribution in [0.1, 0.15) is 70.5 Å². The summed E-state index contributed by atoms with van der Waals surface area (Å²) in [5.74, 6) is -2.00. The number of halogens is 2. The molecule has 2 amide bonds. The fourth-order valence-electron chi connectivity index (χ4n) is 4.57. The number of benzene rings is 2. The molecular formula is C27H30Cl2N4O4. The van der Waals surface area contributed by atoms with Crippen molar-refractivity contribution in [3.63, 3.8) is 0 Å². The van der Waals surface area contributed by atoms with Crippen LogP contribution >= 0.6 is 23.2 Å². The van der Waals surface area contributed by atoms with Crippen molar-refractivity contribution in [2.45, 2.75) is 39.7 Å². The van der Waals surface area contributed by atoms with E-state index in [0.717, 1.165) is 11.8 Å². The van der Waals surface area contributed by atoms with Gasteiger partial charge in [-0.15, -0.1) is 0 Å². The van der Waals surface area contributed by atoms with Crippen LogP contribution < -0.4 is 10.7 Å². The van der Waals surface area contributed by atoms with Crippen LogP contribution in [0.5, 0.6) is 0 Å². The van der Waals surface area contributed by atoms with Crippen LogP contribution in [0.4, 0.5) is 0 Å². The van der Waals surface area contributed by atoms with E-state index in [9.17, 15) is 14.4 Å². The maximum absolute atomic E-state index is 13.4. The minimum absolute atomic E-state index is 0.0446. The molecule has 37 heavy (non-hydrogen) atoms. The summed E-state index contributed by atoms with van der Waals surface area (Å²) in [6, 6.07) is 8.54. The van der Waals surface area contributed by atoms with Crippen molar-refractivity contribution in [1.29, 1.82) is 5.41 Å². The molecule has 0 unspecified atom stereocenters. The standard InChI is InChI=1S/C27H30Cl2N4O4/c1-5-19(15(3)27(36)37-6-2)20-9-7-8-16-14-33(32-25(34)23(16)20)26(35)24-21(28)10-17(11-22(24)29)18(12-30)13-31-4/h7-13,15,19,30-31H,5-6,14H2,1-4H3,(H,32,34)/b18-13+,30-12?/t15-,19+/m0/s1. The van der Waals surface area contributed by atoms with E-state index in [0.29, 0.717) is 28.7 Å². The fraction of sp³-hybridized carbons (Fsp3) is 0.333. The predicted octanol–water partition coefficient (Wildman–Crippen LogP) is 5.20. The second kappa shape index (κ2) is 12.3. The summed E-state index contributed by atoms with van der Waals surface area (Å²) in [5, 5.41) is 11.8. The Labute approximate surface area is 226 Å². The molecule has 8 nitrogen and oxygen atoms in total. The topological polar surface area (TPSA) is 112 Å². The lowest BCUT2D eigenvalue weighted by Gasteiger charge is -2.32. The fourth-order valence-corrected chi connectivity index (χ4v) is 5.22. The minimum atomic E-state index is -0.563. The lowest BCUT2D eigenvalue weighted by molar-refractivity contribution is -0.148. The highest BCUT2D eigenvalue weighted by atomic mass is 35.5. The van der Waals surface area contributed by atoms with Gasteiger partial charge in [-0.25, -0.2) is 5.01 Å². The van der Waals surface area contributed by atoms with E-state index in [-0.39, 0.29) is 40.6 Å². The molecule has 0 saturated carbocycles. The Bertz CT molecular complexity index is 1240. The largest absolute Gasteiger partial charge is 0.466 e. The van der Waals surface area contributed by atoms with Gasteiger partial charge in [0.2, 0.25) is 0 Å². The van der Waals surface area contributed by atoms with Crippen LogP contribution in [0.25, 0.3) is 5.57 Å². The molecule has 196 valence electrons. The molecule has 3 N–H and O–H groups in total. The number of fused-ring (bicyclic) bond motifs is 1. The number of carbonyl (C=O) groups excluding carboxylic acids is 3. The van der Waals surface area contributed by atoms with Crippen LogP contribution in [0.2, 0.25) is 10.0 Å². The number of carbonyl (C=O) groups is 3. The molecule has 2 atom stereocenters. The first-order chi connectivity index (χ1) is 17.7. The molecule has 0 fully saturated rings. The van der Waals surface area contributed by atoms with Crippen molar-refractivity contribution < 1.29 is 19.1 Å². The molecule has 3 rings (SSSR count). The SMILES string of the molecule is CCOC(=O)[C@@H](C)[C@@H](CC)c1cccc2c1C(=O)NN(C(=O)c1c(Cl)cc(/C(C=N)=C/NC)cc1Cl)C2. The summed E-state index contributed by atoms with van der Waals surface area (Å²) < 4.78 is 5.21. The van der Waals surface area contributed by atoms with Crippen molar-refractivity contribution >= 4 is 52.8 Å². The third kappa shape index (κ3) is 5.81. The zero-order valence-electron chi connectivity index (χ0n) is 21.2. The number of amides is 2. The summed E-state index contributed by atoms with van der Waals surface area (Å²) in [6.45, 7) is 5.89. The Balaban J connectivity index is 1.95. The number of hydrogen-bond donors (Lipinski definition) is 3. The molecule has 0 aromatic heterocycles. The van der Waals surface area contributed by atoms with Crippen LogP contribution in [-0.4, -0.2) is 42.7 Å².